The summed E-state index contributed by atoms with van der Waals surface area (Å²) in [6.07, 6.45) is 1.26. The molecule has 0 aliphatic carbocycles. The van der Waals surface area contributed by atoms with E-state index in [2.05, 4.69) is 26.1 Å². The molecule has 0 aliphatic rings. The molecule has 2 rings (SSSR count). The number of para-hydroxylation sites is 1. The van der Waals surface area contributed by atoms with E-state index in [1.54, 1.807) is 6.07 Å². The second-order valence-electron chi connectivity index (χ2n) is 3.29. The fourth-order valence-electron chi connectivity index (χ4n) is 1.32. The van der Waals surface area contributed by atoms with Crippen LogP contribution in [-0.4, -0.2) is 21.3 Å². The fraction of sp³-hybridized carbons (Fsp3) is 0.0909. The maximum atomic E-state index is 10.8. The number of aromatic nitrogens is 2. The second kappa shape index (κ2) is 5.01. The molecule has 0 aliphatic heterocycles. The predicted octanol–water partition coefficient (Wildman–Crippen LogP) is 2.45. The smallest absolute Gasteiger partial charge is 0.339 e. The van der Waals surface area contributed by atoms with Gasteiger partial charge in [0.05, 0.1) is 16.4 Å². The zero-order valence-corrected chi connectivity index (χ0v) is 10.3. The van der Waals surface area contributed by atoms with E-state index in [9.17, 15) is 4.79 Å². The summed E-state index contributed by atoms with van der Waals surface area (Å²) in [5, 5.41) is 15.2. The minimum atomic E-state index is -1.02. The Balaban J connectivity index is 2.10. The largest absolute Gasteiger partial charge is 0.486 e. The number of benzene rings is 1. The number of aromatic carboxylic acids is 1. The first-order valence-corrected chi connectivity index (χ1v) is 5.60. The lowest BCUT2D eigenvalue weighted by molar-refractivity contribution is 0.0694. The SMILES string of the molecule is O=C(O)c1cn[nH]c1COc1ccccc1Br. The van der Waals surface area contributed by atoms with Crippen LogP contribution in [0, 0.1) is 0 Å². The van der Waals surface area contributed by atoms with Crippen molar-refractivity contribution >= 4 is 21.9 Å². The van der Waals surface area contributed by atoms with Crippen molar-refractivity contribution in [1.82, 2.24) is 10.2 Å². The summed E-state index contributed by atoms with van der Waals surface area (Å²) in [7, 11) is 0. The molecule has 0 unspecified atom stereocenters. The molecule has 0 bridgehead atoms. The Bertz CT molecular complexity index is 539. The van der Waals surface area contributed by atoms with Crippen LogP contribution >= 0.6 is 15.9 Å². The molecular weight excluding hydrogens is 288 g/mol. The summed E-state index contributed by atoms with van der Waals surface area (Å²) in [6.45, 7) is 0.129. The number of nitrogens with one attached hydrogen (secondary N) is 1. The van der Waals surface area contributed by atoms with E-state index in [4.69, 9.17) is 9.84 Å². The Labute approximate surface area is 106 Å². The average molecular weight is 297 g/mol. The minimum Gasteiger partial charge on any atom is -0.486 e. The van der Waals surface area contributed by atoms with Gasteiger partial charge in [0.2, 0.25) is 0 Å². The monoisotopic (exact) mass is 296 g/mol. The number of carboxylic acid groups (broad SMARTS) is 1. The third-order valence-corrected chi connectivity index (χ3v) is 2.81. The van der Waals surface area contributed by atoms with E-state index in [-0.39, 0.29) is 12.2 Å². The van der Waals surface area contributed by atoms with Gasteiger partial charge in [-0.25, -0.2) is 4.79 Å². The van der Waals surface area contributed by atoms with Crippen LogP contribution in [0.5, 0.6) is 5.75 Å². The summed E-state index contributed by atoms with van der Waals surface area (Å²) in [4.78, 5) is 10.8. The van der Waals surface area contributed by atoms with Crippen molar-refractivity contribution in [3.63, 3.8) is 0 Å². The molecule has 0 radical (unpaired) electrons. The molecule has 1 aromatic heterocycles. The maximum Gasteiger partial charge on any atom is 0.339 e. The fourth-order valence-corrected chi connectivity index (χ4v) is 1.72. The zero-order chi connectivity index (χ0) is 12.3. The first kappa shape index (κ1) is 11.7. The van der Waals surface area contributed by atoms with Crippen LogP contribution in [0.15, 0.2) is 34.9 Å². The lowest BCUT2D eigenvalue weighted by Gasteiger charge is -2.06. The highest BCUT2D eigenvalue weighted by atomic mass is 79.9. The van der Waals surface area contributed by atoms with Crippen LogP contribution in [0.2, 0.25) is 0 Å². The van der Waals surface area contributed by atoms with Crippen LogP contribution in [-0.2, 0) is 6.61 Å². The Kier molecular flexibility index (Phi) is 3.43. The van der Waals surface area contributed by atoms with Gasteiger partial charge in [0.1, 0.15) is 17.9 Å². The highest BCUT2D eigenvalue weighted by Crippen LogP contribution is 2.24. The van der Waals surface area contributed by atoms with Crippen molar-refractivity contribution in [2.75, 3.05) is 0 Å². The Morgan fingerprint density at radius 3 is 2.94 bits per heavy atom. The summed E-state index contributed by atoms with van der Waals surface area (Å²) >= 11 is 3.34. The molecule has 17 heavy (non-hydrogen) atoms. The lowest BCUT2D eigenvalue weighted by atomic mass is 10.2. The van der Waals surface area contributed by atoms with E-state index in [1.165, 1.54) is 6.20 Å². The molecule has 0 amide bonds. The molecular formula is C11H9BrN2O3. The Morgan fingerprint density at radius 1 is 1.47 bits per heavy atom. The third kappa shape index (κ3) is 2.65. The molecule has 1 heterocycles. The Hall–Kier alpha value is -1.82. The first-order chi connectivity index (χ1) is 8.18. The van der Waals surface area contributed by atoms with Gasteiger partial charge in [0.25, 0.3) is 0 Å². The lowest BCUT2D eigenvalue weighted by Crippen LogP contribution is -2.04. The predicted molar refractivity (Wildman–Crippen MR) is 64.0 cm³/mol. The van der Waals surface area contributed by atoms with Gasteiger partial charge in [-0.3, -0.25) is 5.10 Å². The van der Waals surface area contributed by atoms with Crippen LogP contribution in [0.25, 0.3) is 0 Å². The highest BCUT2D eigenvalue weighted by Gasteiger charge is 2.12. The molecule has 0 saturated heterocycles. The van der Waals surface area contributed by atoms with E-state index in [0.29, 0.717) is 11.4 Å². The highest BCUT2D eigenvalue weighted by molar-refractivity contribution is 9.10. The normalized spacial score (nSPS) is 10.2. The molecule has 5 nitrogen and oxygen atoms in total. The first-order valence-electron chi connectivity index (χ1n) is 4.81. The molecule has 2 N–H and O–H groups in total. The number of halogens is 1. The number of rotatable bonds is 4. The molecule has 0 atom stereocenters. The third-order valence-electron chi connectivity index (χ3n) is 2.16. The van der Waals surface area contributed by atoms with Gasteiger partial charge in [0, 0.05) is 0 Å². The standard InChI is InChI=1S/C11H9BrN2O3/c12-8-3-1-2-4-10(8)17-6-9-7(11(15)16)5-13-14-9/h1-5H,6H2,(H,13,14)(H,15,16). The number of aromatic amines is 1. The summed E-state index contributed by atoms with van der Waals surface area (Å²) in [6, 6.07) is 7.35. The van der Waals surface area contributed by atoms with Gasteiger partial charge in [-0.2, -0.15) is 5.10 Å². The second-order valence-corrected chi connectivity index (χ2v) is 4.14. The van der Waals surface area contributed by atoms with Crippen LogP contribution in [0.1, 0.15) is 16.1 Å². The quantitative estimate of drug-likeness (QED) is 0.909. The molecule has 1 aromatic carbocycles. The number of hydrogen-bond donors (Lipinski definition) is 2. The molecule has 0 fully saturated rings. The van der Waals surface area contributed by atoms with E-state index >= 15 is 0 Å². The molecule has 88 valence electrons. The van der Waals surface area contributed by atoms with E-state index in [0.717, 1.165) is 4.47 Å². The molecule has 0 spiro atoms. The van der Waals surface area contributed by atoms with Gasteiger partial charge in [-0.05, 0) is 28.1 Å². The van der Waals surface area contributed by atoms with Gasteiger partial charge in [-0.15, -0.1) is 0 Å². The molecule has 6 heteroatoms. The van der Waals surface area contributed by atoms with Gasteiger partial charge >= 0.3 is 5.97 Å². The van der Waals surface area contributed by atoms with E-state index < -0.39 is 5.97 Å². The molecule has 0 saturated carbocycles. The number of nitrogens with zero attached hydrogens (tertiary/aromatic N) is 1. The summed E-state index contributed by atoms with van der Waals surface area (Å²) < 4.78 is 6.31. The zero-order valence-electron chi connectivity index (χ0n) is 8.68. The average Bonchev–Trinajstić information content (AvgIpc) is 2.76. The van der Waals surface area contributed by atoms with Gasteiger partial charge < -0.3 is 9.84 Å². The number of ether oxygens (including phenoxy) is 1. The topological polar surface area (TPSA) is 75.2 Å². The van der Waals surface area contributed by atoms with Crippen molar-refractivity contribution in [3.05, 3.63) is 46.2 Å². The number of carboxylic acids is 1. The maximum absolute atomic E-state index is 10.8. The van der Waals surface area contributed by atoms with Crippen molar-refractivity contribution < 1.29 is 14.6 Å². The molecule has 2 aromatic rings. The number of hydrogen-bond acceptors (Lipinski definition) is 3. The van der Waals surface area contributed by atoms with E-state index in [1.807, 2.05) is 18.2 Å². The van der Waals surface area contributed by atoms with Crippen molar-refractivity contribution in [2.24, 2.45) is 0 Å². The summed E-state index contributed by atoms with van der Waals surface area (Å²) in [5.74, 6) is -0.372. The number of H-pyrrole nitrogens is 1. The van der Waals surface area contributed by atoms with Gasteiger partial charge in [-0.1, -0.05) is 12.1 Å². The van der Waals surface area contributed by atoms with Crippen molar-refractivity contribution in [1.29, 1.82) is 0 Å². The Morgan fingerprint density at radius 2 is 2.24 bits per heavy atom. The summed E-state index contributed by atoms with van der Waals surface area (Å²) in [5.41, 5.74) is 0.560. The van der Waals surface area contributed by atoms with Gasteiger partial charge in [0.15, 0.2) is 0 Å². The van der Waals surface area contributed by atoms with Crippen LogP contribution in [0.3, 0.4) is 0 Å². The van der Waals surface area contributed by atoms with Crippen LogP contribution in [0.4, 0.5) is 0 Å². The number of carbonyl (C=O) groups is 1. The van der Waals surface area contributed by atoms with Crippen LogP contribution < -0.4 is 4.74 Å². The minimum absolute atomic E-state index is 0.122. The van der Waals surface area contributed by atoms with Crippen molar-refractivity contribution in [3.8, 4) is 5.75 Å². The van der Waals surface area contributed by atoms with Crippen molar-refractivity contribution in [2.45, 2.75) is 6.61 Å².